The van der Waals surface area contributed by atoms with E-state index in [9.17, 15) is 4.79 Å². The van der Waals surface area contributed by atoms with Crippen LogP contribution >= 0.6 is 0 Å². The van der Waals surface area contributed by atoms with Crippen LogP contribution < -0.4 is 5.32 Å². The molecule has 0 aliphatic heterocycles. The summed E-state index contributed by atoms with van der Waals surface area (Å²) in [5.41, 5.74) is 4.93. The summed E-state index contributed by atoms with van der Waals surface area (Å²) in [5.74, 6) is 1.25. The molecule has 5 nitrogen and oxygen atoms in total. The van der Waals surface area contributed by atoms with Crippen molar-refractivity contribution in [1.29, 1.82) is 0 Å². The summed E-state index contributed by atoms with van der Waals surface area (Å²) in [4.78, 5) is 17.2. The lowest BCUT2D eigenvalue weighted by atomic mass is 10.1. The summed E-state index contributed by atoms with van der Waals surface area (Å²) in [6, 6.07) is 28.0. The minimum Gasteiger partial charge on any atom is -0.440 e. The van der Waals surface area contributed by atoms with E-state index < -0.39 is 0 Å². The van der Waals surface area contributed by atoms with E-state index in [1.54, 1.807) is 0 Å². The van der Waals surface area contributed by atoms with Crippen molar-refractivity contribution in [1.82, 2.24) is 10.3 Å². The maximum atomic E-state index is 12.4. The van der Waals surface area contributed by atoms with Crippen LogP contribution in [0.4, 0.5) is 0 Å². The van der Waals surface area contributed by atoms with Gasteiger partial charge in [-0.15, -0.1) is 0 Å². The molecule has 0 fully saturated rings. The molecule has 1 aromatic heterocycles. The van der Waals surface area contributed by atoms with Crippen molar-refractivity contribution >= 4 is 5.91 Å². The lowest BCUT2D eigenvalue weighted by Crippen LogP contribution is -2.23. The minimum absolute atomic E-state index is 0.0332. The Morgan fingerprint density at radius 3 is 2.18 bits per heavy atom. The van der Waals surface area contributed by atoms with Gasteiger partial charge >= 0.3 is 0 Å². The number of aryl methyl sites for hydroxylation is 1. The van der Waals surface area contributed by atoms with Crippen LogP contribution in [0.5, 0.6) is 0 Å². The molecule has 0 aliphatic carbocycles. The number of nitrogens with zero attached hydrogens (tertiary/aromatic N) is 1. The molecule has 0 radical (unpaired) electrons. The van der Waals surface area contributed by atoms with Crippen molar-refractivity contribution in [2.24, 2.45) is 0 Å². The van der Waals surface area contributed by atoms with Crippen LogP contribution in [0.25, 0.3) is 22.6 Å². The second-order valence-corrected chi connectivity index (χ2v) is 7.75. The van der Waals surface area contributed by atoms with Gasteiger partial charge in [-0.2, -0.15) is 0 Å². The highest BCUT2D eigenvalue weighted by molar-refractivity contribution is 5.77. The maximum Gasteiger partial charge on any atom is 0.220 e. The van der Waals surface area contributed by atoms with Crippen LogP contribution in [0.2, 0.25) is 0 Å². The standard InChI is InChI=1S/C28H28N2O3/c1-2-32-20-22-15-13-21(14-16-22)19-29-25(31)17-18-26-30-27(23-9-5-3-6-10-23)28(33-26)24-11-7-4-8-12-24/h3-16H,2,17-20H2,1H3,(H,29,31). The zero-order valence-electron chi connectivity index (χ0n) is 18.8. The van der Waals surface area contributed by atoms with E-state index in [1.165, 1.54) is 0 Å². The smallest absolute Gasteiger partial charge is 0.220 e. The Kier molecular flexibility index (Phi) is 7.67. The number of rotatable bonds is 10. The van der Waals surface area contributed by atoms with Gasteiger partial charge in [0, 0.05) is 37.1 Å². The van der Waals surface area contributed by atoms with Crippen molar-refractivity contribution < 1.29 is 13.9 Å². The molecule has 0 spiro atoms. The van der Waals surface area contributed by atoms with E-state index in [0.717, 1.165) is 33.7 Å². The number of carbonyl (C=O) groups excluding carboxylic acids is 1. The second-order valence-electron chi connectivity index (χ2n) is 7.75. The fourth-order valence-corrected chi connectivity index (χ4v) is 3.53. The largest absolute Gasteiger partial charge is 0.440 e. The molecule has 0 atom stereocenters. The summed E-state index contributed by atoms with van der Waals surface area (Å²) >= 11 is 0. The molecule has 0 saturated carbocycles. The van der Waals surface area contributed by atoms with Crippen molar-refractivity contribution in [3.8, 4) is 22.6 Å². The number of amides is 1. The van der Waals surface area contributed by atoms with Crippen LogP contribution in [0.1, 0.15) is 30.4 Å². The highest BCUT2D eigenvalue weighted by Gasteiger charge is 2.17. The highest BCUT2D eigenvalue weighted by Crippen LogP contribution is 2.32. The first-order chi connectivity index (χ1) is 16.2. The van der Waals surface area contributed by atoms with Gasteiger partial charge in [0.2, 0.25) is 5.91 Å². The maximum absolute atomic E-state index is 12.4. The summed E-state index contributed by atoms with van der Waals surface area (Å²) in [6.07, 6.45) is 0.747. The first kappa shape index (κ1) is 22.5. The first-order valence-corrected chi connectivity index (χ1v) is 11.3. The van der Waals surface area contributed by atoms with E-state index in [1.807, 2.05) is 91.9 Å². The average Bonchev–Trinajstić information content (AvgIpc) is 3.31. The number of hydrogen-bond acceptors (Lipinski definition) is 4. The number of carbonyl (C=O) groups is 1. The van der Waals surface area contributed by atoms with Gasteiger partial charge in [0.1, 0.15) is 5.69 Å². The zero-order valence-corrected chi connectivity index (χ0v) is 18.8. The summed E-state index contributed by atoms with van der Waals surface area (Å²) in [7, 11) is 0. The average molecular weight is 441 g/mol. The lowest BCUT2D eigenvalue weighted by Gasteiger charge is -2.06. The van der Waals surface area contributed by atoms with Crippen LogP contribution in [0.3, 0.4) is 0 Å². The Morgan fingerprint density at radius 1 is 0.879 bits per heavy atom. The number of ether oxygens (including phenoxy) is 1. The summed E-state index contributed by atoms with van der Waals surface area (Å²) < 4.78 is 11.5. The molecule has 5 heteroatoms. The lowest BCUT2D eigenvalue weighted by molar-refractivity contribution is -0.121. The van der Waals surface area contributed by atoms with E-state index in [0.29, 0.717) is 38.5 Å². The third-order valence-electron chi connectivity index (χ3n) is 5.31. The van der Waals surface area contributed by atoms with Crippen LogP contribution in [0, 0.1) is 0 Å². The molecule has 3 aromatic carbocycles. The van der Waals surface area contributed by atoms with E-state index in [-0.39, 0.29) is 5.91 Å². The van der Waals surface area contributed by atoms with Gasteiger partial charge in [-0.25, -0.2) is 4.98 Å². The highest BCUT2D eigenvalue weighted by atomic mass is 16.5. The molecule has 168 valence electrons. The number of nitrogens with one attached hydrogen (secondary N) is 1. The summed E-state index contributed by atoms with van der Waals surface area (Å²) in [5, 5.41) is 2.98. The Bertz CT molecular complexity index is 1100. The molecule has 4 aromatic rings. The molecular weight excluding hydrogens is 412 g/mol. The Balaban J connectivity index is 1.38. The predicted molar refractivity (Wildman–Crippen MR) is 129 cm³/mol. The van der Waals surface area contributed by atoms with Gasteiger partial charge in [-0.1, -0.05) is 84.9 Å². The van der Waals surface area contributed by atoms with E-state index in [4.69, 9.17) is 14.1 Å². The van der Waals surface area contributed by atoms with Crippen molar-refractivity contribution in [2.45, 2.75) is 32.9 Å². The van der Waals surface area contributed by atoms with Crippen molar-refractivity contribution in [2.75, 3.05) is 6.61 Å². The van der Waals surface area contributed by atoms with Gasteiger partial charge in [0.25, 0.3) is 0 Å². The molecule has 0 aliphatic rings. The molecule has 33 heavy (non-hydrogen) atoms. The third-order valence-corrected chi connectivity index (χ3v) is 5.31. The molecule has 4 rings (SSSR count). The van der Waals surface area contributed by atoms with Crippen LogP contribution in [-0.2, 0) is 29.1 Å². The van der Waals surface area contributed by atoms with Crippen molar-refractivity contribution in [3.05, 3.63) is 102 Å². The second kappa shape index (κ2) is 11.2. The molecule has 0 saturated heterocycles. The van der Waals surface area contributed by atoms with Crippen LogP contribution in [-0.4, -0.2) is 17.5 Å². The molecule has 1 N–H and O–H groups in total. The number of benzene rings is 3. The van der Waals surface area contributed by atoms with Crippen LogP contribution in [0.15, 0.2) is 89.3 Å². The minimum atomic E-state index is -0.0332. The fourth-order valence-electron chi connectivity index (χ4n) is 3.53. The first-order valence-electron chi connectivity index (χ1n) is 11.3. The van der Waals surface area contributed by atoms with E-state index in [2.05, 4.69) is 5.32 Å². The SMILES string of the molecule is CCOCc1ccc(CNC(=O)CCc2nc(-c3ccccc3)c(-c3ccccc3)o2)cc1. The predicted octanol–water partition coefficient (Wildman–Crippen LogP) is 5.79. The van der Waals surface area contributed by atoms with Gasteiger partial charge in [0.05, 0.1) is 6.61 Å². The Morgan fingerprint density at radius 2 is 1.52 bits per heavy atom. The van der Waals surface area contributed by atoms with Gasteiger partial charge in [-0.3, -0.25) is 4.79 Å². The molecule has 1 amide bonds. The summed E-state index contributed by atoms with van der Waals surface area (Å²) in [6.45, 7) is 3.77. The van der Waals surface area contributed by atoms with Crippen molar-refractivity contribution in [3.63, 3.8) is 0 Å². The fraction of sp³-hybridized carbons (Fsp3) is 0.214. The molecular formula is C28H28N2O3. The van der Waals surface area contributed by atoms with Gasteiger partial charge in [-0.05, 0) is 18.1 Å². The number of aromatic nitrogens is 1. The quantitative estimate of drug-likeness (QED) is 0.339. The normalized spacial score (nSPS) is 10.8. The van der Waals surface area contributed by atoms with Gasteiger partial charge < -0.3 is 14.5 Å². The zero-order chi connectivity index (χ0) is 22.9. The topological polar surface area (TPSA) is 64.4 Å². The third kappa shape index (κ3) is 6.18. The molecule has 1 heterocycles. The molecule has 0 unspecified atom stereocenters. The molecule has 0 bridgehead atoms. The van der Waals surface area contributed by atoms with E-state index >= 15 is 0 Å². The number of hydrogen-bond donors (Lipinski definition) is 1. The van der Waals surface area contributed by atoms with Gasteiger partial charge in [0.15, 0.2) is 11.7 Å². The Labute approximate surface area is 194 Å². The monoisotopic (exact) mass is 440 g/mol. The number of oxazole rings is 1. The Hall–Kier alpha value is -3.70.